The molecule has 0 N–H and O–H groups in total. The second-order valence-corrected chi connectivity index (χ2v) is 7.05. The average molecular weight is 321 g/mol. The lowest BCUT2D eigenvalue weighted by Crippen LogP contribution is -1.96. The van der Waals surface area contributed by atoms with E-state index in [-0.39, 0.29) is 0 Å². The van der Waals surface area contributed by atoms with Gasteiger partial charge in [-0.05, 0) is 65.2 Å². The molecule has 2 aromatic heterocycles. The highest BCUT2D eigenvalue weighted by atomic mass is 79.9. The van der Waals surface area contributed by atoms with Crippen molar-refractivity contribution in [1.82, 2.24) is 9.55 Å². The second-order valence-electron chi connectivity index (χ2n) is 4.50. The van der Waals surface area contributed by atoms with Crippen LogP contribution in [-0.4, -0.2) is 9.55 Å². The lowest BCUT2D eigenvalue weighted by Gasteiger charge is -2.04. The van der Waals surface area contributed by atoms with Crippen LogP contribution < -0.4 is 0 Å². The van der Waals surface area contributed by atoms with Crippen molar-refractivity contribution in [3.63, 3.8) is 0 Å². The van der Waals surface area contributed by atoms with Gasteiger partial charge in [0, 0.05) is 4.88 Å². The van der Waals surface area contributed by atoms with E-state index in [1.807, 2.05) is 6.33 Å². The van der Waals surface area contributed by atoms with Gasteiger partial charge in [0.15, 0.2) is 0 Å². The predicted octanol–water partition coefficient (Wildman–Crippen LogP) is 4.53. The van der Waals surface area contributed by atoms with Crippen molar-refractivity contribution in [3.8, 4) is 0 Å². The summed E-state index contributed by atoms with van der Waals surface area (Å²) in [6.07, 6.45) is 1.93. The third-order valence-corrected chi connectivity index (χ3v) is 4.80. The first-order chi connectivity index (χ1) is 8.63. The van der Waals surface area contributed by atoms with Crippen LogP contribution in [0.2, 0.25) is 0 Å². The van der Waals surface area contributed by atoms with Crippen LogP contribution in [0.15, 0.2) is 34.4 Å². The van der Waals surface area contributed by atoms with Crippen LogP contribution in [0.4, 0.5) is 0 Å². The van der Waals surface area contributed by atoms with Gasteiger partial charge in [0.1, 0.15) is 0 Å². The number of nitrogens with zero attached hydrogens (tertiary/aromatic N) is 2. The van der Waals surface area contributed by atoms with Crippen molar-refractivity contribution in [2.75, 3.05) is 0 Å². The Hall–Kier alpha value is -1.13. The van der Waals surface area contributed by atoms with Crippen LogP contribution in [0.3, 0.4) is 0 Å². The van der Waals surface area contributed by atoms with Crippen LogP contribution >= 0.6 is 27.3 Å². The number of fused-ring (bicyclic) bond motifs is 1. The third-order valence-electron chi connectivity index (χ3n) is 3.19. The zero-order valence-corrected chi connectivity index (χ0v) is 12.7. The van der Waals surface area contributed by atoms with E-state index >= 15 is 0 Å². The van der Waals surface area contributed by atoms with E-state index in [0.29, 0.717) is 0 Å². The first kappa shape index (κ1) is 11.9. The molecule has 0 unspecified atom stereocenters. The Morgan fingerprint density at radius 1 is 1.22 bits per heavy atom. The maximum atomic E-state index is 4.48. The van der Waals surface area contributed by atoms with E-state index in [9.17, 15) is 0 Å². The summed E-state index contributed by atoms with van der Waals surface area (Å²) >= 11 is 5.27. The molecule has 0 bridgehead atoms. The molecule has 0 aliphatic rings. The van der Waals surface area contributed by atoms with Gasteiger partial charge in [0.05, 0.1) is 27.7 Å². The zero-order chi connectivity index (χ0) is 12.7. The summed E-state index contributed by atoms with van der Waals surface area (Å²) in [5.74, 6) is 0. The minimum Gasteiger partial charge on any atom is -0.325 e. The number of benzene rings is 1. The quantitative estimate of drug-likeness (QED) is 0.678. The Balaban J connectivity index is 2.04. The minimum absolute atomic E-state index is 0.884. The summed E-state index contributed by atoms with van der Waals surface area (Å²) in [5.41, 5.74) is 4.90. The first-order valence-electron chi connectivity index (χ1n) is 5.80. The summed E-state index contributed by atoms with van der Waals surface area (Å²) in [7, 11) is 0. The minimum atomic E-state index is 0.884. The average Bonchev–Trinajstić information content (AvgIpc) is 2.89. The van der Waals surface area contributed by atoms with E-state index in [0.717, 1.165) is 12.1 Å². The van der Waals surface area contributed by atoms with Gasteiger partial charge in [-0.1, -0.05) is 0 Å². The topological polar surface area (TPSA) is 17.8 Å². The summed E-state index contributed by atoms with van der Waals surface area (Å²) < 4.78 is 3.38. The van der Waals surface area contributed by atoms with Crippen LogP contribution in [0.1, 0.15) is 16.0 Å². The highest BCUT2D eigenvalue weighted by Gasteiger charge is 2.06. The van der Waals surface area contributed by atoms with Crippen LogP contribution in [0.5, 0.6) is 0 Å². The number of hydrogen-bond acceptors (Lipinski definition) is 2. The van der Waals surface area contributed by atoms with Crippen molar-refractivity contribution < 1.29 is 0 Å². The number of hydrogen-bond donors (Lipinski definition) is 0. The van der Waals surface area contributed by atoms with Gasteiger partial charge in [-0.15, -0.1) is 11.3 Å². The lowest BCUT2D eigenvalue weighted by atomic mass is 10.1. The number of aryl methyl sites for hydroxylation is 2. The Morgan fingerprint density at radius 2 is 2.00 bits per heavy atom. The molecule has 0 aliphatic heterocycles. The second kappa shape index (κ2) is 4.52. The highest BCUT2D eigenvalue weighted by Crippen LogP contribution is 2.25. The molecule has 0 aliphatic carbocycles. The SMILES string of the molecule is Cc1cc2ncn(Cc3ccc(Br)s3)c2cc1C. The number of aromatic nitrogens is 2. The number of thiophene rings is 1. The van der Waals surface area contributed by atoms with E-state index in [1.165, 1.54) is 25.3 Å². The molecule has 2 heterocycles. The lowest BCUT2D eigenvalue weighted by molar-refractivity contribution is 0.838. The molecule has 0 spiro atoms. The monoisotopic (exact) mass is 320 g/mol. The third kappa shape index (κ3) is 2.10. The molecule has 92 valence electrons. The van der Waals surface area contributed by atoms with Gasteiger partial charge in [0.2, 0.25) is 0 Å². The van der Waals surface area contributed by atoms with Crippen LogP contribution in [0, 0.1) is 13.8 Å². The van der Waals surface area contributed by atoms with Gasteiger partial charge in [0.25, 0.3) is 0 Å². The standard InChI is InChI=1S/C14H13BrN2S/c1-9-5-12-13(6-10(9)2)17(8-16-12)7-11-3-4-14(15)18-11/h3-6,8H,7H2,1-2H3. The predicted molar refractivity (Wildman–Crippen MR) is 80.3 cm³/mol. The Labute approximate surface area is 118 Å². The molecule has 0 fully saturated rings. The molecule has 3 aromatic rings. The highest BCUT2D eigenvalue weighted by molar-refractivity contribution is 9.11. The van der Waals surface area contributed by atoms with E-state index in [1.54, 1.807) is 11.3 Å². The Morgan fingerprint density at radius 3 is 2.72 bits per heavy atom. The molecule has 2 nitrogen and oxygen atoms in total. The van der Waals surface area contributed by atoms with E-state index in [4.69, 9.17) is 0 Å². The molecule has 18 heavy (non-hydrogen) atoms. The maximum Gasteiger partial charge on any atom is 0.0961 e. The Kier molecular flexibility index (Phi) is 2.99. The number of imidazole rings is 1. The fourth-order valence-corrected chi connectivity index (χ4v) is 3.53. The molecular weight excluding hydrogens is 308 g/mol. The van der Waals surface area contributed by atoms with Crippen LogP contribution in [-0.2, 0) is 6.54 Å². The first-order valence-corrected chi connectivity index (χ1v) is 7.41. The molecule has 0 saturated heterocycles. The van der Waals surface area contributed by atoms with Crippen molar-refractivity contribution in [2.45, 2.75) is 20.4 Å². The zero-order valence-electron chi connectivity index (χ0n) is 10.3. The fourth-order valence-electron chi connectivity index (χ4n) is 2.04. The summed E-state index contributed by atoms with van der Waals surface area (Å²) in [6.45, 7) is 5.16. The largest absolute Gasteiger partial charge is 0.325 e. The Bertz CT molecular complexity index is 712. The van der Waals surface area contributed by atoms with Gasteiger partial charge in [-0.3, -0.25) is 0 Å². The molecule has 1 aromatic carbocycles. The van der Waals surface area contributed by atoms with Crippen molar-refractivity contribution in [1.29, 1.82) is 0 Å². The number of halogens is 1. The molecule has 0 atom stereocenters. The van der Waals surface area contributed by atoms with Gasteiger partial charge < -0.3 is 4.57 Å². The molecule has 0 saturated carbocycles. The summed E-state index contributed by atoms with van der Waals surface area (Å²) in [4.78, 5) is 5.81. The molecule has 3 rings (SSSR count). The van der Waals surface area contributed by atoms with E-state index < -0.39 is 0 Å². The normalized spacial score (nSPS) is 11.3. The summed E-state index contributed by atoms with van der Waals surface area (Å²) in [5, 5.41) is 0. The van der Waals surface area contributed by atoms with Crippen LogP contribution in [0.25, 0.3) is 11.0 Å². The van der Waals surface area contributed by atoms with Crippen molar-refractivity contribution in [3.05, 3.63) is 50.4 Å². The molecule has 0 amide bonds. The van der Waals surface area contributed by atoms with Crippen molar-refractivity contribution in [2.24, 2.45) is 0 Å². The molecular formula is C14H13BrN2S. The van der Waals surface area contributed by atoms with Crippen molar-refractivity contribution >= 4 is 38.3 Å². The van der Waals surface area contributed by atoms with Gasteiger partial charge >= 0.3 is 0 Å². The smallest absolute Gasteiger partial charge is 0.0961 e. The maximum absolute atomic E-state index is 4.48. The number of rotatable bonds is 2. The molecule has 4 heteroatoms. The van der Waals surface area contributed by atoms with Gasteiger partial charge in [-0.25, -0.2) is 4.98 Å². The summed E-state index contributed by atoms with van der Waals surface area (Å²) in [6, 6.07) is 8.63. The molecule has 0 radical (unpaired) electrons. The van der Waals surface area contributed by atoms with E-state index in [2.05, 4.69) is 63.6 Å². The van der Waals surface area contributed by atoms with Gasteiger partial charge in [-0.2, -0.15) is 0 Å². The fraction of sp³-hybridized carbons (Fsp3) is 0.214.